The van der Waals surface area contributed by atoms with Gasteiger partial charge in [0.05, 0.1) is 19.3 Å². The number of piperidine rings is 1. The van der Waals surface area contributed by atoms with Crippen LogP contribution in [0.25, 0.3) is 0 Å². The number of hydrogen-bond acceptors (Lipinski definition) is 4. The Labute approximate surface area is 167 Å². The highest BCUT2D eigenvalue weighted by atomic mass is 16.5. The highest BCUT2D eigenvalue weighted by Gasteiger charge is 2.34. The molecule has 0 N–H and O–H groups in total. The summed E-state index contributed by atoms with van der Waals surface area (Å²) < 4.78 is 5.35. The van der Waals surface area contributed by atoms with Crippen molar-refractivity contribution in [3.05, 3.63) is 29.8 Å². The second-order valence-corrected chi connectivity index (χ2v) is 8.15. The topological polar surface area (TPSA) is 53.1 Å². The first-order valence-electron chi connectivity index (χ1n) is 10.6. The molecule has 1 atom stereocenters. The molecular formula is C22H31N3O3. The lowest BCUT2D eigenvalue weighted by atomic mass is 9.93. The number of nitrogens with zero attached hydrogens (tertiary/aromatic N) is 3. The van der Waals surface area contributed by atoms with Crippen molar-refractivity contribution < 1.29 is 14.3 Å². The van der Waals surface area contributed by atoms with Crippen molar-refractivity contribution in [2.75, 3.05) is 50.8 Å². The Balaban J connectivity index is 1.34. The fourth-order valence-corrected chi connectivity index (χ4v) is 4.72. The van der Waals surface area contributed by atoms with Crippen LogP contribution in [0.3, 0.4) is 0 Å². The maximum Gasteiger partial charge on any atom is 0.244 e. The maximum absolute atomic E-state index is 13.2. The molecule has 4 rings (SSSR count). The number of ether oxygens (including phenoxy) is 1. The molecular weight excluding hydrogens is 354 g/mol. The van der Waals surface area contributed by atoms with Crippen LogP contribution in [0, 0.1) is 5.92 Å². The van der Waals surface area contributed by atoms with E-state index in [0.29, 0.717) is 26.3 Å². The van der Waals surface area contributed by atoms with Crippen LogP contribution in [0.1, 0.15) is 31.7 Å². The number of amides is 2. The van der Waals surface area contributed by atoms with Gasteiger partial charge in [0.2, 0.25) is 11.8 Å². The van der Waals surface area contributed by atoms with Gasteiger partial charge < -0.3 is 14.5 Å². The third-order valence-electron chi connectivity index (χ3n) is 6.48. The fourth-order valence-electron chi connectivity index (χ4n) is 4.72. The Morgan fingerprint density at radius 3 is 2.50 bits per heavy atom. The lowest BCUT2D eigenvalue weighted by Gasteiger charge is -2.39. The van der Waals surface area contributed by atoms with Crippen LogP contribution in [0.2, 0.25) is 0 Å². The number of likely N-dealkylation sites (tertiary alicyclic amines) is 1. The number of para-hydroxylation sites is 1. The molecule has 0 aromatic heterocycles. The zero-order chi connectivity index (χ0) is 19.5. The molecule has 1 aromatic carbocycles. The van der Waals surface area contributed by atoms with Gasteiger partial charge in [0, 0.05) is 31.2 Å². The van der Waals surface area contributed by atoms with Crippen LogP contribution in [0.5, 0.6) is 0 Å². The van der Waals surface area contributed by atoms with E-state index in [1.54, 1.807) is 0 Å². The smallest absolute Gasteiger partial charge is 0.244 e. The molecule has 0 bridgehead atoms. The van der Waals surface area contributed by atoms with E-state index >= 15 is 0 Å². The summed E-state index contributed by atoms with van der Waals surface area (Å²) in [6.45, 7) is 7.15. The van der Waals surface area contributed by atoms with Crippen molar-refractivity contribution in [2.24, 2.45) is 5.92 Å². The average molecular weight is 386 g/mol. The first kappa shape index (κ1) is 19.4. The van der Waals surface area contributed by atoms with Crippen LogP contribution in [0.4, 0.5) is 5.69 Å². The van der Waals surface area contributed by atoms with Crippen LogP contribution >= 0.6 is 0 Å². The molecule has 6 nitrogen and oxygen atoms in total. The molecule has 0 aliphatic carbocycles. The minimum Gasteiger partial charge on any atom is -0.378 e. The van der Waals surface area contributed by atoms with Crippen molar-refractivity contribution in [2.45, 2.75) is 38.6 Å². The lowest BCUT2D eigenvalue weighted by molar-refractivity contribution is -0.141. The van der Waals surface area contributed by atoms with Gasteiger partial charge in [-0.05, 0) is 57.3 Å². The molecule has 6 heteroatoms. The Morgan fingerprint density at radius 1 is 1.04 bits per heavy atom. The van der Waals surface area contributed by atoms with E-state index in [1.165, 1.54) is 5.56 Å². The number of anilines is 1. The molecule has 0 radical (unpaired) electrons. The summed E-state index contributed by atoms with van der Waals surface area (Å²) in [4.78, 5) is 32.1. The Hall–Kier alpha value is -1.92. The number of carbonyl (C=O) groups excluding carboxylic acids is 2. The monoisotopic (exact) mass is 385 g/mol. The predicted octanol–water partition coefficient (Wildman–Crippen LogP) is 1.93. The summed E-state index contributed by atoms with van der Waals surface area (Å²) >= 11 is 0. The molecule has 152 valence electrons. The predicted molar refractivity (Wildman–Crippen MR) is 108 cm³/mol. The van der Waals surface area contributed by atoms with Gasteiger partial charge in [0.1, 0.15) is 0 Å². The van der Waals surface area contributed by atoms with Crippen LogP contribution in [-0.4, -0.2) is 73.6 Å². The van der Waals surface area contributed by atoms with Gasteiger partial charge in [-0.3, -0.25) is 14.5 Å². The molecule has 3 heterocycles. The first-order chi connectivity index (χ1) is 13.6. The van der Waals surface area contributed by atoms with E-state index in [0.717, 1.165) is 51.0 Å². The second-order valence-electron chi connectivity index (χ2n) is 8.15. The van der Waals surface area contributed by atoms with E-state index in [4.69, 9.17) is 4.74 Å². The first-order valence-corrected chi connectivity index (χ1v) is 10.6. The van der Waals surface area contributed by atoms with E-state index in [9.17, 15) is 9.59 Å². The molecule has 2 amide bonds. The number of aryl methyl sites for hydroxylation is 1. The summed E-state index contributed by atoms with van der Waals surface area (Å²) in [6, 6.07) is 8.10. The molecule has 2 fully saturated rings. The zero-order valence-corrected chi connectivity index (χ0v) is 16.8. The van der Waals surface area contributed by atoms with Gasteiger partial charge in [-0.2, -0.15) is 0 Å². The van der Waals surface area contributed by atoms with Gasteiger partial charge >= 0.3 is 0 Å². The van der Waals surface area contributed by atoms with E-state index in [2.05, 4.69) is 17.0 Å². The third kappa shape index (κ3) is 3.94. The Morgan fingerprint density at radius 2 is 1.75 bits per heavy atom. The van der Waals surface area contributed by atoms with Gasteiger partial charge in [-0.15, -0.1) is 0 Å². The minimum absolute atomic E-state index is 0.0902. The SMILES string of the molecule is CC(C(=O)N1CCCc2ccccc21)N1CCC(C(=O)N2CCOCC2)CC1. The molecule has 3 aliphatic heterocycles. The fraction of sp³-hybridized carbons (Fsp3) is 0.636. The lowest BCUT2D eigenvalue weighted by Crippen LogP contribution is -2.52. The quantitative estimate of drug-likeness (QED) is 0.798. The summed E-state index contributed by atoms with van der Waals surface area (Å²) in [5.74, 6) is 0.546. The van der Waals surface area contributed by atoms with Crippen LogP contribution < -0.4 is 4.90 Å². The number of morpholine rings is 1. The minimum atomic E-state index is -0.148. The van der Waals surface area contributed by atoms with Gasteiger partial charge in [-0.25, -0.2) is 0 Å². The standard InChI is InChI=1S/C22H31N3O3/c1-17(21(26)25-10-4-6-18-5-2-3-7-20(18)25)23-11-8-19(9-12-23)22(27)24-13-15-28-16-14-24/h2-3,5,7,17,19H,4,6,8-16H2,1H3. The maximum atomic E-state index is 13.2. The summed E-state index contributed by atoms with van der Waals surface area (Å²) in [7, 11) is 0. The highest BCUT2D eigenvalue weighted by molar-refractivity contribution is 5.98. The summed E-state index contributed by atoms with van der Waals surface area (Å²) in [6.07, 6.45) is 3.74. The summed E-state index contributed by atoms with van der Waals surface area (Å²) in [5, 5.41) is 0. The van der Waals surface area contributed by atoms with Gasteiger partial charge in [-0.1, -0.05) is 18.2 Å². The number of hydrogen-bond donors (Lipinski definition) is 0. The zero-order valence-electron chi connectivity index (χ0n) is 16.8. The molecule has 1 unspecified atom stereocenters. The largest absolute Gasteiger partial charge is 0.378 e. The van der Waals surface area contributed by atoms with E-state index in [1.807, 2.05) is 28.9 Å². The van der Waals surface area contributed by atoms with Crippen molar-refractivity contribution >= 4 is 17.5 Å². The number of fused-ring (bicyclic) bond motifs is 1. The molecule has 3 aliphatic rings. The number of rotatable bonds is 3. The van der Waals surface area contributed by atoms with E-state index < -0.39 is 0 Å². The average Bonchev–Trinajstić information content (AvgIpc) is 2.78. The molecule has 28 heavy (non-hydrogen) atoms. The van der Waals surface area contributed by atoms with Crippen molar-refractivity contribution in [1.29, 1.82) is 0 Å². The Bertz CT molecular complexity index is 709. The van der Waals surface area contributed by atoms with E-state index in [-0.39, 0.29) is 23.8 Å². The number of carbonyl (C=O) groups is 2. The molecule has 2 saturated heterocycles. The summed E-state index contributed by atoms with van der Waals surface area (Å²) in [5.41, 5.74) is 2.34. The van der Waals surface area contributed by atoms with Crippen LogP contribution in [0.15, 0.2) is 24.3 Å². The number of benzene rings is 1. The molecule has 0 spiro atoms. The van der Waals surface area contributed by atoms with Gasteiger partial charge in [0.25, 0.3) is 0 Å². The van der Waals surface area contributed by atoms with Gasteiger partial charge in [0.15, 0.2) is 0 Å². The van der Waals surface area contributed by atoms with Crippen LogP contribution in [-0.2, 0) is 20.7 Å². The third-order valence-corrected chi connectivity index (χ3v) is 6.48. The molecule has 0 saturated carbocycles. The molecule has 1 aromatic rings. The Kier molecular flexibility index (Phi) is 5.97. The van der Waals surface area contributed by atoms with Crippen molar-refractivity contribution in [3.63, 3.8) is 0 Å². The second kappa shape index (κ2) is 8.62. The van der Waals surface area contributed by atoms with Crippen molar-refractivity contribution in [1.82, 2.24) is 9.80 Å². The normalized spacial score (nSPS) is 22.6. The van der Waals surface area contributed by atoms with Crippen molar-refractivity contribution in [3.8, 4) is 0 Å². The highest BCUT2D eigenvalue weighted by Crippen LogP contribution is 2.29.